The van der Waals surface area contributed by atoms with Crippen molar-refractivity contribution < 1.29 is 22.7 Å². The summed E-state index contributed by atoms with van der Waals surface area (Å²) in [6, 6.07) is 5.29. The van der Waals surface area contributed by atoms with Gasteiger partial charge >= 0.3 is 0 Å². The van der Waals surface area contributed by atoms with Gasteiger partial charge in [0.25, 0.3) is 5.56 Å². The molecule has 45 heavy (non-hydrogen) atoms. The van der Waals surface area contributed by atoms with Crippen LogP contribution >= 0.6 is 0 Å². The number of pyridine rings is 1. The molecular weight excluding hydrogens is 594 g/mol. The summed E-state index contributed by atoms with van der Waals surface area (Å²) >= 11 is 0. The minimum atomic E-state index is -3.81. The summed E-state index contributed by atoms with van der Waals surface area (Å²) in [7, 11) is -2.32. The Balaban J connectivity index is 1.45. The van der Waals surface area contributed by atoms with Crippen molar-refractivity contribution in [3.05, 3.63) is 82.2 Å². The van der Waals surface area contributed by atoms with Gasteiger partial charge in [0.2, 0.25) is 16.0 Å². The van der Waals surface area contributed by atoms with Crippen molar-refractivity contribution in [1.29, 1.82) is 0 Å². The highest BCUT2D eigenvalue weighted by Gasteiger charge is 2.54. The van der Waals surface area contributed by atoms with Gasteiger partial charge in [-0.2, -0.15) is 0 Å². The molecular formula is C33H37N5O6S. The number of H-pyrrole nitrogens is 1. The van der Waals surface area contributed by atoms with Gasteiger partial charge in [0.15, 0.2) is 5.78 Å². The van der Waals surface area contributed by atoms with Gasteiger partial charge in [-0.25, -0.2) is 22.4 Å². The molecule has 3 aromatic heterocycles. The van der Waals surface area contributed by atoms with Crippen LogP contribution < -0.4 is 15.2 Å². The first kappa shape index (κ1) is 30.7. The molecule has 236 valence electrons. The number of ether oxygens (including phenoxy) is 2. The topological polar surface area (TPSA) is 136 Å². The van der Waals surface area contributed by atoms with E-state index in [2.05, 4.69) is 21.5 Å². The molecule has 0 bridgehead atoms. The van der Waals surface area contributed by atoms with Crippen molar-refractivity contribution >= 4 is 32.7 Å². The fourth-order valence-electron chi connectivity index (χ4n) is 6.16. The van der Waals surface area contributed by atoms with E-state index in [0.29, 0.717) is 102 Å². The first-order valence-electron chi connectivity index (χ1n) is 15.1. The molecule has 1 aliphatic heterocycles. The highest BCUT2D eigenvalue weighted by Crippen LogP contribution is 2.49. The summed E-state index contributed by atoms with van der Waals surface area (Å²) in [5.74, 6) is 0.782. The average Bonchev–Trinajstić information content (AvgIpc) is 3.76. The van der Waals surface area contributed by atoms with Crippen molar-refractivity contribution in [2.45, 2.75) is 50.7 Å². The van der Waals surface area contributed by atoms with Crippen molar-refractivity contribution in [3.8, 4) is 16.9 Å². The molecule has 2 aliphatic rings. The highest BCUT2D eigenvalue weighted by molar-refractivity contribution is 7.91. The minimum Gasteiger partial charge on any atom is -0.496 e. The van der Waals surface area contributed by atoms with E-state index in [-0.39, 0.29) is 24.2 Å². The van der Waals surface area contributed by atoms with Crippen molar-refractivity contribution in [2.75, 3.05) is 38.3 Å². The Morgan fingerprint density at radius 3 is 2.49 bits per heavy atom. The summed E-state index contributed by atoms with van der Waals surface area (Å²) in [6.07, 6.45) is 8.27. The lowest BCUT2D eigenvalue weighted by Gasteiger charge is -2.26. The second kappa shape index (κ2) is 11.9. The largest absolute Gasteiger partial charge is 0.496 e. The molecule has 0 unspecified atom stereocenters. The van der Waals surface area contributed by atoms with Gasteiger partial charge in [0.05, 0.1) is 36.2 Å². The normalized spacial score (nSPS) is 16.1. The summed E-state index contributed by atoms with van der Waals surface area (Å²) < 4.78 is 39.4. The van der Waals surface area contributed by atoms with Crippen LogP contribution in [0.3, 0.4) is 0 Å². The molecule has 11 nitrogen and oxygen atoms in total. The molecule has 1 N–H and O–H groups in total. The van der Waals surface area contributed by atoms with Gasteiger partial charge in [0.1, 0.15) is 5.75 Å². The third-order valence-corrected chi connectivity index (χ3v) is 11.3. The summed E-state index contributed by atoms with van der Waals surface area (Å²) in [5.41, 5.74) is 3.47. The van der Waals surface area contributed by atoms with Crippen molar-refractivity contribution in [1.82, 2.24) is 18.9 Å². The number of aromatic nitrogens is 4. The molecule has 4 aromatic rings. The maximum Gasteiger partial charge on any atom is 0.255 e. The third kappa shape index (κ3) is 5.57. The fraction of sp³-hybridized carbons (Fsp3) is 0.394. The first-order chi connectivity index (χ1) is 21.6. The van der Waals surface area contributed by atoms with Crippen LogP contribution in [-0.4, -0.2) is 71.3 Å². The number of anilines is 1. The van der Waals surface area contributed by atoms with Crippen molar-refractivity contribution in [3.63, 3.8) is 0 Å². The molecule has 1 saturated heterocycles. The Morgan fingerprint density at radius 2 is 1.84 bits per heavy atom. The van der Waals surface area contributed by atoms with Crippen LogP contribution in [0.5, 0.6) is 5.75 Å². The average molecular weight is 632 g/mol. The molecule has 0 spiro atoms. The quantitative estimate of drug-likeness (QED) is 0.189. The van der Waals surface area contributed by atoms with Gasteiger partial charge in [-0.05, 0) is 68.9 Å². The van der Waals surface area contributed by atoms with E-state index in [1.54, 1.807) is 49.8 Å². The first-order valence-corrected chi connectivity index (χ1v) is 16.5. The molecule has 6 rings (SSSR count). The lowest BCUT2D eigenvalue weighted by atomic mass is 9.95. The van der Waals surface area contributed by atoms with E-state index in [0.717, 1.165) is 0 Å². The van der Waals surface area contributed by atoms with Crippen LogP contribution in [0, 0.1) is 13.8 Å². The smallest absolute Gasteiger partial charge is 0.255 e. The van der Waals surface area contributed by atoms with E-state index in [4.69, 9.17) is 9.47 Å². The van der Waals surface area contributed by atoms with Crippen LogP contribution in [-0.2, 0) is 21.2 Å². The molecule has 4 heterocycles. The maximum atomic E-state index is 14.1. The maximum absolute atomic E-state index is 14.1. The molecule has 0 radical (unpaired) electrons. The number of allylic oxidation sites excluding steroid dienone is 1. The Kier molecular flexibility index (Phi) is 8.13. The van der Waals surface area contributed by atoms with E-state index >= 15 is 0 Å². The molecule has 1 aliphatic carbocycles. The van der Waals surface area contributed by atoms with Crippen LogP contribution in [0.25, 0.3) is 22.0 Å². The minimum absolute atomic E-state index is 0.0191. The Bertz CT molecular complexity index is 1950. The number of methoxy groups -OCH3 is 1. The van der Waals surface area contributed by atoms with Crippen LogP contribution in [0.4, 0.5) is 5.95 Å². The summed E-state index contributed by atoms with van der Waals surface area (Å²) in [6.45, 7) is 9.95. The number of nitrogens with one attached hydrogen (secondary N) is 1. The lowest BCUT2D eigenvalue weighted by Crippen LogP contribution is -2.37. The zero-order valence-electron chi connectivity index (χ0n) is 25.8. The molecule has 1 aromatic carbocycles. The Morgan fingerprint density at radius 1 is 1.13 bits per heavy atom. The van der Waals surface area contributed by atoms with Gasteiger partial charge in [-0.3, -0.25) is 9.59 Å². The molecule has 0 amide bonds. The molecule has 1 saturated carbocycles. The number of carbonyl (C=O) groups is 1. The van der Waals surface area contributed by atoms with Gasteiger partial charge in [-0.1, -0.05) is 6.08 Å². The zero-order chi connectivity index (χ0) is 31.9. The molecule has 2 fully saturated rings. The number of fused-ring (bicyclic) bond motifs is 1. The Labute approximate surface area is 262 Å². The summed E-state index contributed by atoms with van der Waals surface area (Å²) in [5, 5.41) is 0.567. The second-order valence-corrected chi connectivity index (χ2v) is 14.0. The number of Topliss-reactive ketones (excluding diaryl/α,β-unsaturated/α-hetero) is 1. The number of morpholine rings is 1. The number of hydrogen-bond donors (Lipinski definition) is 1. The molecule has 12 heteroatoms. The number of aromatic amines is 1. The standard InChI is InChI=1S/C33H37N5O6S/c1-5-8-33(9-10-33)45(41,42)38-20-21(2)30-26(28(39)7-6-25-29(43-4)15-22(3)36-31(25)40)16-23(17-27(30)38)24-18-34-32(35-19-24)37-11-13-44-14-12-37/h5,15-20H,1,6-14H2,2-4H3,(H,36,40). The van der Waals surface area contributed by atoms with Crippen molar-refractivity contribution in [2.24, 2.45) is 0 Å². The monoisotopic (exact) mass is 631 g/mol. The number of ketones is 1. The predicted octanol–water partition coefficient (Wildman–Crippen LogP) is 4.35. The lowest BCUT2D eigenvalue weighted by molar-refractivity contribution is 0.0984. The third-order valence-electron chi connectivity index (χ3n) is 8.81. The Hall–Kier alpha value is -4.29. The van der Waals surface area contributed by atoms with Gasteiger partial charge in [0, 0.05) is 60.3 Å². The van der Waals surface area contributed by atoms with Crippen LogP contribution in [0.15, 0.2) is 54.2 Å². The van der Waals surface area contributed by atoms with E-state index in [9.17, 15) is 18.0 Å². The SMILES string of the molecule is C=CCC1(S(=O)(=O)n2cc(C)c3c(C(=O)CCc4c(OC)cc(C)[nH]c4=O)cc(-c4cnc(N5CCOCC5)nc4)cc32)CC1. The molecule has 0 atom stereocenters. The number of aryl methyl sites for hydroxylation is 2. The number of benzene rings is 1. The van der Waals surface area contributed by atoms with Gasteiger partial charge in [-0.15, -0.1) is 6.58 Å². The fourth-order valence-corrected chi connectivity index (χ4v) is 8.23. The van der Waals surface area contributed by atoms with E-state index < -0.39 is 14.8 Å². The second-order valence-electron chi connectivity index (χ2n) is 11.8. The van der Waals surface area contributed by atoms with Crippen LogP contribution in [0.2, 0.25) is 0 Å². The van der Waals surface area contributed by atoms with Crippen LogP contribution in [0.1, 0.15) is 52.9 Å². The predicted molar refractivity (Wildman–Crippen MR) is 173 cm³/mol. The number of hydrogen-bond acceptors (Lipinski definition) is 9. The van der Waals surface area contributed by atoms with E-state index in [1.807, 2.05) is 11.8 Å². The zero-order valence-corrected chi connectivity index (χ0v) is 26.6. The van der Waals surface area contributed by atoms with E-state index in [1.165, 1.54) is 11.1 Å². The number of carbonyl (C=O) groups excluding carboxylic acids is 1. The number of nitrogens with zero attached hydrogens (tertiary/aromatic N) is 4. The van der Waals surface area contributed by atoms with Gasteiger partial charge < -0.3 is 19.4 Å². The number of rotatable bonds is 11. The summed E-state index contributed by atoms with van der Waals surface area (Å²) in [4.78, 5) is 40.7. The highest BCUT2D eigenvalue weighted by atomic mass is 32.2.